The summed E-state index contributed by atoms with van der Waals surface area (Å²) >= 11 is 0. The van der Waals surface area contributed by atoms with Crippen LogP contribution in [0, 0.1) is 0 Å². The van der Waals surface area contributed by atoms with Gasteiger partial charge in [-0.2, -0.15) is 0 Å². The minimum Gasteiger partial charge on any atom is -0.388 e. The Bertz CT molecular complexity index is 426. The number of hydrogen-bond acceptors (Lipinski definition) is 3. The van der Waals surface area contributed by atoms with E-state index in [1.807, 2.05) is 31.3 Å². The molecule has 1 fully saturated rings. The number of anilines is 1. The van der Waals surface area contributed by atoms with Gasteiger partial charge < -0.3 is 15.3 Å². The Labute approximate surface area is 108 Å². The second-order valence-electron chi connectivity index (χ2n) is 5.15. The van der Waals surface area contributed by atoms with Gasteiger partial charge in [0.2, 0.25) is 0 Å². The van der Waals surface area contributed by atoms with Gasteiger partial charge in [0.1, 0.15) is 0 Å². The molecule has 0 aliphatic carbocycles. The number of benzene rings is 1. The molecule has 2 rings (SSSR count). The van der Waals surface area contributed by atoms with E-state index in [1.54, 1.807) is 11.8 Å². The largest absolute Gasteiger partial charge is 0.388 e. The molecule has 18 heavy (non-hydrogen) atoms. The first kappa shape index (κ1) is 12.9. The number of aliphatic hydroxyl groups is 1. The summed E-state index contributed by atoms with van der Waals surface area (Å²) in [6.07, 6.45) is 1.61. The van der Waals surface area contributed by atoms with Gasteiger partial charge in [-0.25, -0.2) is 0 Å². The molecule has 1 unspecified atom stereocenters. The Balaban J connectivity index is 2.10. The van der Waals surface area contributed by atoms with Crippen LogP contribution in [-0.2, 0) is 0 Å². The summed E-state index contributed by atoms with van der Waals surface area (Å²) < 4.78 is 0. The van der Waals surface area contributed by atoms with Crippen molar-refractivity contribution in [3.05, 3.63) is 29.8 Å². The minimum atomic E-state index is -0.751. The predicted molar refractivity (Wildman–Crippen MR) is 71.8 cm³/mol. The van der Waals surface area contributed by atoms with Crippen molar-refractivity contribution in [2.24, 2.45) is 0 Å². The molecule has 0 spiro atoms. The van der Waals surface area contributed by atoms with E-state index in [0.29, 0.717) is 12.1 Å². The van der Waals surface area contributed by atoms with Crippen LogP contribution in [0.3, 0.4) is 0 Å². The number of nitrogens with one attached hydrogen (secondary N) is 1. The number of amides is 1. The van der Waals surface area contributed by atoms with E-state index in [9.17, 15) is 9.90 Å². The predicted octanol–water partition coefficient (Wildman–Crippen LogP) is 1.72. The zero-order valence-electron chi connectivity index (χ0n) is 10.9. The van der Waals surface area contributed by atoms with Gasteiger partial charge in [0, 0.05) is 31.4 Å². The maximum Gasteiger partial charge on any atom is 0.253 e. The van der Waals surface area contributed by atoms with Gasteiger partial charge in [-0.3, -0.25) is 4.79 Å². The molecule has 0 radical (unpaired) electrons. The summed E-state index contributed by atoms with van der Waals surface area (Å²) in [5, 5.41) is 13.0. The molecule has 1 aliphatic rings. The van der Waals surface area contributed by atoms with Gasteiger partial charge in [-0.1, -0.05) is 0 Å². The second kappa shape index (κ2) is 4.98. The van der Waals surface area contributed by atoms with E-state index in [1.165, 1.54) is 0 Å². The zero-order chi connectivity index (χ0) is 13.2. The molecule has 1 aromatic carbocycles. The molecular weight excluding hydrogens is 228 g/mol. The minimum absolute atomic E-state index is 0.00220. The lowest BCUT2D eigenvalue weighted by atomic mass is 9.94. The van der Waals surface area contributed by atoms with Crippen LogP contribution in [0.1, 0.15) is 30.1 Å². The number of carbonyl (C=O) groups is 1. The molecule has 4 nitrogen and oxygen atoms in total. The van der Waals surface area contributed by atoms with Crippen LogP contribution < -0.4 is 5.32 Å². The number of hydrogen-bond donors (Lipinski definition) is 2. The molecule has 1 heterocycles. The molecule has 1 atom stereocenters. The van der Waals surface area contributed by atoms with E-state index in [0.717, 1.165) is 25.1 Å². The SMILES string of the molecule is CNc1ccc(C(=O)N2CCCC(C)(O)C2)cc1. The Morgan fingerprint density at radius 3 is 2.61 bits per heavy atom. The number of nitrogens with zero attached hydrogens (tertiary/aromatic N) is 1. The standard InChI is InChI=1S/C14H20N2O2/c1-14(18)8-3-9-16(10-14)13(17)11-4-6-12(15-2)7-5-11/h4-7,15,18H,3,8-10H2,1-2H3. The lowest BCUT2D eigenvalue weighted by Gasteiger charge is -2.36. The third kappa shape index (κ3) is 2.82. The van der Waals surface area contributed by atoms with Crippen molar-refractivity contribution >= 4 is 11.6 Å². The highest BCUT2D eigenvalue weighted by atomic mass is 16.3. The number of rotatable bonds is 2. The highest BCUT2D eigenvalue weighted by Crippen LogP contribution is 2.22. The lowest BCUT2D eigenvalue weighted by molar-refractivity contribution is -0.0107. The van der Waals surface area contributed by atoms with E-state index in [2.05, 4.69) is 5.32 Å². The fraction of sp³-hybridized carbons (Fsp3) is 0.500. The average molecular weight is 248 g/mol. The van der Waals surface area contributed by atoms with Crippen molar-refractivity contribution in [3.8, 4) is 0 Å². The van der Waals surface area contributed by atoms with Crippen molar-refractivity contribution in [1.82, 2.24) is 4.90 Å². The average Bonchev–Trinajstić information content (AvgIpc) is 2.37. The Hall–Kier alpha value is -1.55. The van der Waals surface area contributed by atoms with E-state index in [-0.39, 0.29) is 5.91 Å². The van der Waals surface area contributed by atoms with Gasteiger partial charge in [0.25, 0.3) is 5.91 Å². The topological polar surface area (TPSA) is 52.6 Å². The van der Waals surface area contributed by atoms with Crippen molar-refractivity contribution < 1.29 is 9.90 Å². The van der Waals surface area contributed by atoms with E-state index < -0.39 is 5.60 Å². The zero-order valence-corrected chi connectivity index (χ0v) is 10.9. The van der Waals surface area contributed by atoms with Gasteiger partial charge in [0.05, 0.1) is 5.60 Å². The van der Waals surface area contributed by atoms with Gasteiger partial charge in [-0.15, -0.1) is 0 Å². The molecular formula is C14H20N2O2. The second-order valence-corrected chi connectivity index (χ2v) is 5.15. The van der Waals surface area contributed by atoms with Crippen molar-refractivity contribution in [3.63, 3.8) is 0 Å². The molecule has 1 aliphatic heterocycles. The van der Waals surface area contributed by atoms with Crippen LogP contribution in [0.15, 0.2) is 24.3 Å². The van der Waals surface area contributed by atoms with Gasteiger partial charge >= 0.3 is 0 Å². The molecule has 1 aromatic rings. The highest BCUT2D eigenvalue weighted by molar-refractivity contribution is 5.94. The highest BCUT2D eigenvalue weighted by Gasteiger charge is 2.31. The summed E-state index contributed by atoms with van der Waals surface area (Å²) in [6, 6.07) is 7.40. The molecule has 4 heteroatoms. The first-order chi connectivity index (χ1) is 8.52. The molecule has 98 valence electrons. The molecule has 1 amide bonds. The quantitative estimate of drug-likeness (QED) is 0.838. The molecule has 0 bridgehead atoms. The van der Waals surface area contributed by atoms with Gasteiger partial charge in [-0.05, 0) is 44.0 Å². The summed E-state index contributed by atoms with van der Waals surface area (Å²) in [5.74, 6) is -0.00220. The fourth-order valence-corrected chi connectivity index (χ4v) is 2.36. The maximum atomic E-state index is 12.3. The summed E-state index contributed by atoms with van der Waals surface area (Å²) in [5.41, 5.74) is 0.905. The molecule has 0 saturated carbocycles. The van der Waals surface area contributed by atoms with Crippen LogP contribution in [0.5, 0.6) is 0 Å². The monoisotopic (exact) mass is 248 g/mol. The van der Waals surface area contributed by atoms with E-state index in [4.69, 9.17) is 0 Å². The summed E-state index contributed by atoms with van der Waals surface area (Å²) in [6.45, 7) is 2.93. The van der Waals surface area contributed by atoms with Crippen molar-refractivity contribution in [1.29, 1.82) is 0 Å². The normalized spacial score (nSPS) is 23.8. The van der Waals surface area contributed by atoms with Crippen molar-refractivity contribution in [2.75, 3.05) is 25.5 Å². The third-order valence-corrected chi connectivity index (χ3v) is 3.38. The first-order valence-corrected chi connectivity index (χ1v) is 6.31. The Kier molecular flexibility index (Phi) is 3.57. The van der Waals surface area contributed by atoms with E-state index >= 15 is 0 Å². The van der Waals surface area contributed by atoms with Gasteiger partial charge in [0.15, 0.2) is 0 Å². The third-order valence-electron chi connectivity index (χ3n) is 3.38. The Morgan fingerprint density at radius 2 is 2.06 bits per heavy atom. The lowest BCUT2D eigenvalue weighted by Crippen LogP contribution is -2.48. The maximum absolute atomic E-state index is 12.3. The fourth-order valence-electron chi connectivity index (χ4n) is 2.36. The van der Waals surface area contributed by atoms with Crippen LogP contribution >= 0.6 is 0 Å². The first-order valence-electron chi connectivity index (χ1n) is 6.31. The van der Waals surface area contributed by atoms with Crippen LogP contribution in [0.4, 0.5) is 5.69 Å². The molecule has 1 saturated heterocycles. The number of likely N-dealkylation sites (tertiary alicyclic amines) is 1. The molecule has 0 aromatic heterocycles. The smallest absolute Gasteiger partial charge is 0.253 e. The van der Waals surface area contributed by atoms with Crippen molar-refractivity contribution in [2.45, 2.75) is 25.4 Å². The molecule has 2 N–H and O–H groups in total. The summed E-state index contributed by atoms with van der Waals surface area (Å²) in [7, 11) is 1.85. The number of carbonyl (C=O) groups excluding carboxylic acids is 1. The number of piperidine rings is 1. The number of β-amino-alcohol motifs (C(OH)–C–C–N with tert-alkyl or cyclic N) is 1. The van der Waals surface area contributed by atoms with Crippen LogP contribution in [-0.4, -0.2) is 41.7 Å². The summed E-state index contributed by atoms with van der Waals surface area (Å²) in [4.78, 5) is 14.0. The Morgan fingerprint density at radius 1 is 1.39 bits per heavy atom. The van der Waals surface area contributed by atoms with Crippen LogP contribution in [0.25, 0.3) is 0 Å². The van der Waals surface area contributed by atoms with Crippen LogP contribution in [0.2, 0.25) is 0 Å².